The number of nitrogens with zero attached hydrogens (tertiary/aromatic N) is 2. The second kappa shape index (κ2) is 6.12. The van der Waals surface area contributed by atoms with Crippen LogP contribution in [-0.2, 0) is 0 Å². The highest BCUT2D eigenvalue weighted by Gasteiger charge is 2.27. The minimum atomic E-state index is -1.11. The van der Waals surface area contributed by atoms with Crippen LogP contribution in [0.1, 0.15) is 40.1 Å². The third-order valence-electron chi connectivity index (χ3n) is 3.07. The summed E-state index contributed by atoms with van der Waals surface area (Å²) in [6.45, 7) is 4.48. The highest BCUT2D eigenvalue weighted by Crippen LogP contribution is 2.25. The van der Waals surface area contributed by atoms with Crippen molar-refractivity contribution < 1.29 is 14.7 Å². The molecule has 1 aromatic rings. The van der Waals surface area contributed by atoms with Crippen LogP contribution in [0.15, 0.2) is 5.38 Å². The van der Waals surface area contributed by atoms with E-state index in [9.17, 15) is 9.59 Å². The van der Waals surface area contributed by atoms with Gasteiger partial charge in [0.05, 0.1) is 0 Å². The van der Waals surface area contributed by atoms with Crippen molar-refractivity contribution in [3.63, 3.8) is 0 Å². The second-order valence-corrected chi connectivity index (χ2v) is 5.32. The lowest BCUT2D eigenvalue weighted by molar-refractivity contribution is 0.0691. The average Bonchev–Trinajstić information content (AvgIpc) is 3.09. The lowest BCUT2D eigenvalue weighted by atomic mass is 10.4. The summed E-state index contributed by atoms with van der Waals surface area (Å²) >= 11 is 1.05. The van der Waals surface area contributed by atoms with Crippen molar-refractivity contribution in [1.82, 2.24) is 15.2 Å². The van der Waals surface area contributed by atoms with E-state index in [2.05, 4.69) is 22.1 Å². The minimum Gasteiger partial charge on any atom is -0.476 e. The molecule has 19 heavy (non-hydrogen) atoms. The van der Waals surface area contributed by atoms with Gasteiger partial charge in [0.1, 0.15) is 0 Å². The fourth-order valence-corrected chi connectivity index (χ4v) is 2.61. The molecule has 0 aliphatic heterocycles. The number of carbonyl (C=O) groups excluding carboxylic acids is 1. The Hall–Kier alpha value is -1.47. The van der Waals surface area contributed by atoms with Crippen LogP contribution >= 0.6 is 11.3 Å². The zero-order valence-corrected chi connectivity index (χ0v) is 11.6. The van der Waals surface area contributed by atoms with E-state index in [0.717, 1.165) is 24.4 Å². The molecule has 1 aliphatic rings. The third kappa shape index (κ3) is 3.74. The van der Waals surface area contributed by atoms with Crippen molar-refractivity contribution >= 4 is 23.2 Å². The van der Waals surface area contributed by atoms with Gasteiger partial charge < -0.3 is 10.4 Å². The van der Waals surface area contributed by atoms with E-state index >= 15 is 0 Å². The summed E-state index contributed by atoms with van der Waals surface area (Å²) in [5.74, 6) is -1.41. The summed E-state index contributed by atoms with van der Waals surface area (Å²) in [4.78, 5) is 28.5. The lowest BCUT2D eigenvalue weighted by Gasteiger charge is -2.19. The van der Waals surface area contributed by atoms with Crippen molar-refractivity contribution in [3.8, 4) is 0 Å². The van der Waals surface area contributed by atoms with E-state index < -0.39 is 5.97 Å². The van der Waals surface area contributed by atoms with Crippen molar-refractivity contribution in [3.05, 3.63) is 16.1 Å². The van der Waals surface area contributed by atoms with Crippen LogP contribution in [0, 0.1) is 0 Å². The highest BCUT2D eigenvalue weighted by molar-refractivity contribution is 7.11. The van der Waals surface area contributed by atoms with E-state index in [1.807, 2.05) is 0 Å². The number of carbonyl (C=O) groups is 2. The molecule has 1 amide bonds. The molecule has 0 unspecified atom stereocenters. The van der Waals surface area contributed by atoms with Gasteiger partial charge in [-0.25, -0.2) is 9.78 Å². The number of carboxylic acid groups (broad SMARTS) is 1. The summed E-state index contributed by atoms with van der Waals surface area (Å²) in [5, 5.41) is 13.1. The molecular weight excluding hydrogens is 266 g/mol. The van der Waals surface area contributed by atoms with Crippen molar-refractivity contribution in [2.45, 2.75) is 25.8 Å². The number of amides is 1. The molecule has 7 heteroatoms. The summed E-state index contributed by atoms with van der Waals surface area (Å²) in [6.07, 6.45) is 2.49. The molecule has 1 heterocycles. The van der Waals surface area contributed by atoms with Crippen molar-refractivity contribution in [1.29, 1.82) is 0 Å². The predicted octanol–water partition coefficient (Wildman–Crippen LogP) is 1.06. The third-order valence-corrected chi connectivity index (χ3v) is 3.91. The van der Waals surface area contributed by atoms with Crippen LogP contribution in [0.5, 0.6) is 0 Å². The van der Waals surface area contributed by atoms with Crippen LogP contribution in [0.25, 0.3) is 0 Å². The maximum atomic E-state index is 11.8. The minimum absolute atomic E-state index is 0.0803. The highest BCUT2D eigenvalue weighted by atomic mass is 32.1. The Morgan fingerprint density at radius 2 is 2.32 bits per heavy atom. The number of thiazole rings is 1. The first-order chi connectivity index (χ1) is 9.11. The van der Waals surface area contributed by atoms with Crippen LogP contribution < -0.4 is 5.32 Å². The number of nitrogens with one attached hydrogen (secondary N) is 1. The number of hydrogen-bond acceptors (Lipinski definition) is 5. The SMILES string of the molecule is CCN(CCNC(=O)c1nc(C(=O)O)cs1)C1CC1. The average molecular weight is 283 g/mol. The largest absolute Gasteiger partial charge is 0.476 e. The van der Waals surface area contributed by atoms with Gasteiger partial charge >= 0.3 is 5.97 Å². The first kappa shape index (κ1) is 14.0. The number of rotatable bonds is 7. The van der Waals surface area contributed by atoms with Gasteiger partial charge in [-0.05, 0) is 19.4 Å². The zero-order valence-electron chi connectivity index (χ0n) is 10.8. The van der Waals surface area contributed by atoms with Gasteiger partial charge in [-0.15, -0.1) is 11.3 Å². The van der Waals surface area contributed by atoms with Gasteiger partial charge in [-0.1, -0.05) is 6.92 Å². The normalized spacial score (nSPS) is 14.6. The Bertz CT molecular complexity index is 471. The molecule has 0 spiro atoms. The molecule has 0 atom stereocenters. The first-order valence-electron chi connectivity index (χ1n) is 6.33. The van der Waals surface area contributed by atoms with Crippen LogP contribution in [0.4, 0.5) is 0 Å². The number of carboxylic acids is 1. The van der Waals surface area contributed by atoms with E-state index in [4.69, 9.17) is 5.11 Å². The van der Waals surface area contributed by atoms with E-state index in [0.29, 0.717) is 12.6 Å². The van der Waals surface area contributed by atoms with Gasteiger partial charge in [0, 0.05) is 24.5 Å². The quantitative estimate of drug-likeness (QED) is 0.781. The Balaban J connectivity index is 1.78. The maximum Gasteiger partial charge on any atom is 0.355 e. The van der Waals surface area contributed by atoms with Crippen molar-refractivity contribution in [2.75, 3.05) is 19.6 Å². The smallest absolute Gasteiger partial charge is 0.355 e. The van der Waals surface area contributed by atoms with Gasteiger partial charge in [-0.3, -0.25) is 9.69 Å². The number of hydrogen-bond donors (Lipinski definition) is 2. The summed E-state index contributed by atoms with van der Waals surface area (Å²) in [6, 6.07) is 0.681. The van der Waals surface area contributed by atoms with Gasteiger partial charge in [0.2, 0.25) is 0 Å². The number of aromatic carboxylic acids is 1. The first-order valence-corrected chi connectivity index (χ1v) is 7.21. The van der Waals surface area contributed by atoms with E-state index in [1.165, 1.54) is 18.2 Å². The molecule has 1 aromatic heterocycles. The predicted molar refractivity (Wildman–Crippen MR) is 71.7 cm³/mol. The molecule has 0 bridgehead atoms. The van der Waals surface area contributed by atoms with Crippen LogP contribution in [-0.4, -0.2) is 52.5 Å². The van der Waals surface area contributed by atoms with Crippen molar-refractivity contribution in [2.24, 2.45) is 0 Å². The zero-order chi connectivity index (χ0) is 13.8. The molecule has 0 saturated heterocycles. The van der Waals surface area contributed by atoms with Crippen LogP contribution in [0.3, 0.4) is 0 Å². The Kier molecular flexibility index (Phi) is 4.49. The standard InChI is InChI=1S/C12H17N3O3S/c1-2-15(8-3-4-8)6-5-13-10(16)11-14-9(7-19-11)12(17)18/h7-8H,2-6H2,1H3,(H,13,16)(H,17,18). The summed E-state index contributed by atoms with van der Waals surface area (Å²) < 4.78 is 0. The monoisotopic (exact) mass is 283 g/mol. The molecule has 0 radical (unpaired) electrons. The Labute approximate surface area is 115 Å². The number of aromatic nitrogens is 1. The van der Waals surface area contributed by atoms with E-state index in [-0.39, 0.29) is 16.6 Å². The lowest BCUT2D eigenvalue weighted by Crippen LogP contribution is -2.36. The molecule has 2 rings (SSSR count). The Morgan fingerprint density at radius 3 is 2.84 bits per heavy atom. The molecule has 104 valence electrons. The molecule has 0 aromatic carbocycles. The molecule has 1 saturated carbocycles. The Morgan fingerprint density at radius 1 is 1.58 bits per heavy atom. The van der Waals surface area contributed by atoms with Gasteiger partial charge in [-0.2, -0.15) is 0 Å². The topological polar surface area (TPSA) is 82.5 Å². The molecule has 1 fully saturated rings. The molecule has 1 aliphatic carbocycles. The van der Waals surface area contributed by atoms with E-state index in [1.54, 1.807) is 0 Å². The fraction of sp³-hybridized carbons (Fsp3) is 0.583. The van der Waals surface area contributed by atoms with Gasteiger partial charge in [0.15, 0.2) is 10.7 Å². The summed E-state index contributed by atoms with van der Waals surface area (Å²) in [7, 11) is 0. The second-order valence-electron chi connectivity index (χ2n) is 4.46. The number of likely N-dealkylation sites (N-methyl/N-ethyl adjacent to an activating group) is 1. The molecular formula is C12H17N3O3S. The maximum absolute atomic E-state index is 11.8. The summed E-state index contributed by atoms with van der Waals surface area (Å²) in [5.41, 5.74) is -0.0803. The molecule has 2 N–H and O–H groups in total. The fourth-order valence-electron chi connectivity index (χ4n) is 1.90. The molecule has 6 nitrogen and oxygen atoms in total. The van der Waals surface area contributed by atoms with Crippen LogP contribution in [0.2, 0.25) is 0 Å². The van der Waals surface area contributed by atoms with Gasteiger partial charge in [0.25, 0.3) is 5.91 Å².